The summed E-state index contributed by atoms with van der Waals surface area (Å²) in [5.41, 5.74) is 0. The van der Waals surface area contributed by atoms with E-state index in [-0.39, 0.29) is 11.8 Å². The van der Waals surface area contributed by atoms with Crippen molar-refractivity contribution in [3.63, 3.8) is 0 Å². The molecule has 2 fully saturated rings. The van der Waals surface area contributed by atoms with Gasteiger partial charge in [-0.3, -0.25) is 4.79 Å². The van der Waals surface area contributed by atoms with Crippen molar-refractivity contribution in [1.29, 1.82) is 0 Å². The molecule has 0 aromatic carbocycles. The highest BCUT2D eigenvalue weighted by Crippen LogP contribution is 2.39. The summed E-state index contributed by atoms with van der Waals surface area (Å²) in [4.78, 5) is 19.7. The van der Waals surface area contributed by atoms with Crippen LogP contribution >= 0.6 is 11.3 Å². The van der Waals surface area contributed by atoms with E-state index in [1.807, 2.05) is 22.4 Å². The molecule has 1 amide bonds. The Morgan fingerprint density at radius 3 is 3.00 bits per heavy atom. The van der Waals surface area contributed by atoms with E-state index in [0.29, 0.717) is 18.4 Å². The zero-order valence-corrected chi connectivity index (χ0v) is 12.5. The Bertz CT molecular complexity index is 633. The number of amides is 1. The smallest absolute Gasteiger partial charge is 0.263 e. The van der Waals surface area contributed by atoms with Crippen molar-refractivity contribution < 1.29 is 9.32 Å². The first-order valence-corrected chi connectivity index (χ1v) is 8.35. The van der Waals surface area contributed by atoms with Gasteiger partial charge in [0.2, 0.25) is 5.89 Å². The van der Waals surface area contributed by atoms with Crippen molar-refractivity contribution >= 4 is 17.2 Å². The molecule has 1 unspecified atom stereocenters. The van der Waals surface area contributed by atoms with Crippen LogP contribution in [0.5, 0.6) is 0 Å². The van der Waals surface area contributed by atoms with Crippen LogP contribution in [-0.2, 0) is 0 Å². The molecule has 5 nitrogen and oxygen atoms in total. The third kappa shape index (κ3) is 2.60. The highest BCUT2D eigenvalue weighted by atomic mass is 32.1. The molecule has 1 aliphatic carbocycles. The lowest BCUT2D eigenvalue weighted by atomic mass is 9.98. The van der Waals surface area contributed by atoms with Crippen molar-refractivity contribution in [2.75, 3.05) is 13.1 Å². The first-order valence-electron chi connectivity index (χ1n) is 7.47. The number of carbonyl (C=O) groups excluding carboxylic acids is 1. The molecule has 21 heavy (non-hydrogen) atoms. The molecule has 4 rings (SSSR count). The molecule has 110 valence electrons. The van der Waals surface area contributed by atoms with Crippen LogP contribution in [0.25, 0.3) is 0 Å². The predicted octanol–water partition coefficient (Wildman–Crippen LogP) is 3.03. The Morgan fingerprint density at radius 2 is 2.24 bits per heavy atom. The topological polar surface area (TPSA) is 59.2 Å². The molecule has 0 N–H and O–H groups in total. The average molecular weight is 303 g/mol. The maximum atomic E-state index is 12.4. The van der Waals surface area contributed by atoms with Crippen LogP contribution in [0.1, 0.15) is 58.9 Å². The van der Waals surface area contributed by atoms with Gasteiger partial charge >= 0.3 is 0 Å². The Kier molecular flexibility index (Phi) is 3.25. The van der Waals surface area contributed by atoms with Gasteiger partial charge in [-0.25, -0.2) is 0 Å². The Hall–Kier alpha value is -1.69. The molecule has 0 spiro atoms. The number of aromatic nitrogens is 2. The van der Waals surface area contributed by atoms with Crippen molar-refractivity contribution in [3.05, 3.63) is 34.1 Å². The van der Waals surface area contributed by atoms with E-state index in [1.54, 1.807) is 0 Å². The largest absolute Gasteiger partial charge is 0.339 e. The van der Waals surface area contributed by atoms with Crippen molar-refractivity contribution in [1.82, 2.24) is 15.0 Å². The van der Waals surface area contributed by atoms with Gasteiger partial charge in [0.15, 0.2) is 5.82 Å². The summed E-state index contributed by atoms with van der Waals surface area (Å²) in [5, 5.41) is 6.02. The molecular formula is C15H17N3O2S. The zero-order valence-electron chi connectivity index (χ0n) is 11.7. The summed E-state index contributed by atoms with van der Waals surface area (Å²) in [5.74, 6) is 2.38. The minimum Gasteiger partial charge on any atom is -0.339 e. The van der Waals surface area contributed by atoms with Crippen LogP contribution in [0.15, 0.2) is 22.0 Å². The number of rotatable bonds is 3. The molecule has 6 heteroatoms. The molecule has 1 aliphatic heterocycles. The van der Waals surface area contributed by atoms with E-state index in [0.717, 1.165) is 30.1 Å². The number of thiophene rings is 1. The SMILES string of the molecule is O=C(c1cccs1)N1CCCC(c2nc(C3CC3)no2)C1. The van der Waals surface area contributed by atoms with Crippen LogP contribution in [0.4, 0.5) is 0 Å². The number of hydrogen-bond acceptors (Lipinski definition) is 5. The fourth-order valence-corrected chi connectivity index (χ4v) is 3.53. The Labute approximate surface area is 127 Å². The average Bonchev–Trinajstić information content (AvgIpc) is 3.05. The molecular weight excluding hydrogens is 286 g/mol. The second-order valence-electron chi connectivity index (χ2n) is 5.83. The molecule has 2 aromatic rings. The zero-order chi connectivity index (χ0) is 14.2. The predicted molar refractivity (Wildman–Crippen MR) is 78.5 cm³/mol. The number of piperidine rings is 1. The molecule has 0 radical (unpaired) electrons. The van der Waals surface area contributed by atoms with Crippen molar-refractivity contribution in [3.8, 4) is 0 Å². The number of carbonyl (C=O) groups is 1. The van der Waals surface area contributed by atoms with Crippen LogP contribution in [0.3, 0.4) is 0 Å². The summed E-state index contributed by atoms with van der Waals surface area (Å²) in [6, 6.07) is 3.80. The van der Waals surface area contributed by atoms with Crippen LogP contribution in [0.2, 0.25) is 0 Å². The number of likely N-dealkylation sites (tertiary alicyclic amines) is 1. The minimum atomic E-state index is 0.122. The van der Waals surface area contributed by atoms with Crippen LogP contribution in [-0.4, -0.2) is 34.0 Å². The molecule has 2 aliphatic rings. The Morgan fingerprint density at radius 1 is 1.33 bits per heavy atom. The maximum absolute atomic E-state index is 12.4. The highest BCUT2D eigenvalue weighted by Gasteiger charge is 2.33. The monoisotopic (exact) mass is 303 g/mol. The highest BCUT2D eigenvalue weighted by molar-refractivity contribution is 7.12. The van der Waals surface area contributed by atoms with E-state index in [1.165, 1.54) is 24.2 Å². The van der Waals surface area contributed by atoms with Crippen molar-refractivity contribution in [2.24, 2.45) is 0 Å². The summed E-state index contributed by atoms with van der Waals surface area (Å²) in [7, 11) is 0. The summed E-state index contributed by atoms with van der Waals surface area (Å²) >= 11 is 1.50. The van der Waals surface area contributed by atoms with Gasteiger partial charge in [-0.15, -0.1) is 11.3 Å². The fourth-order valence-electron chi connectivity index (χ4n) is 2.84. The second-order valence-corrected chi connectivity index (χ2v) is 6.78. The van der Waals surface area contributed by atoms with Gasteiger partial charge < -0.3 is 9.42 Å². The van der Waals surface area contributed by atoms with Crippen LogP contribution in [0, 0.1) is 0 Å². The van der Waals surface area contributed by atoms with E-state index in [4.69, 9.17) is 4.52 Å². The molecule has 3 heterocycles. The Balaban J connectivity index is 1.48. The van der Waals surface area contributed by atoms with E-state index in [9.17, 15) is 4.79 Å². The third-order valence-electron chi connectivity index (χ3n) is 4.19. The molecule has 0 bridgehead atoms. The first kappa shape index (κ1) is 13.0. The van der Waals surface area contributed by atoms with Gasteiger partial charge in [-0.1, -0.05) is 11.2 Å². The lowest BCUT2D eigenvalue weighted by Crippen LogP contribution is -2.38. The van der Waals surface area contributed by atoms with E-state index >= 15 is 0 Å². The van der Waals surface area contributed by atoms with Gasteiger partial charge in [0.1, 0.15) is 0 Å². The first-order chi connectivity index (χ1) is 10.3. The quantitative estimate of drug-likeness (QED) is 0.874. The molecule has 1 saturated carbocycles. The van der Waals surface area contributed by atoms with Gasteiger partial charge in [0, 0.05) is 19.0 Å². The fraction of sp³-hybridized carbons (Fsp3) is 0.533. The lowest BCUT2D eigenvalue weighted by molar-refractivity contribution is 0.0700. The second kappa shape index (κ2) is 5.26. The summed E-state index contributed by atoms with van der Waals surface area (Å²) in [6.45, 7) is 1.50. The minimum absolute atomic E-state index is 0.122. The summed E-state index contributed by atoms with van der Waals surface area (Å²) < 4.78 is 5.43. The molecule has 1 saturated heterocycles. The van der Waals surface area contributed by atoms with Crippen LogP contribution < -0.4 is 0 Å². The summed E-state index contributed by atoms with van der Waals surface area (Å²) in [6.07, 6.45) is 4.35. The van der Waals surface area contributed by atoms with Crippen molar-refractivity contribution in [2.45, 2.75) is 37.5 Å². The van der Waals surface area contributed by atoms with Gasteiger partial charge in [0.05, 0.1) is 10.8 Å². The standard InChI is InChI=1S/C15H17N3O2S/c19-15(12-4-2-8-21-12)18-7-1-3-11(9-18)14-16-13(17-20-14)10-5-6-10/h2,4,8,10-11H,1,3,5-7,9H2. The lowest BCUT2D eigenvalue weighted by Gasteiger charge is -2.30. The normalized spacial score (nSPS) is 22.5. The van der Waals surface area contributed by atoms with E-state index < -0.39 is 0 Å². The van der Waals surface area contributed by atoms with Gasteiger partial charge in [-0.05, 0) is 37.1 Å². The van der Waals surface area contributed by atoms with E-state index in [2.05, 4.69) is 10.1 Å². The third-order valence-corrected chi connectivity index (χ3v) is 5.05. The number of hydrogen-bond donors (Lipinski definition) is 0. The maximum Gasteiger partial charge on any atom is 0.263 e. The van der Waals surface area contributed by atoms with Gasteiger partial charge in [0.25, 0.3) is 5.91 Å². The molecule has 2 aromatic heterocycles. The van der Waals surface area contributed by atoms with Gasteiger partial charge in [-0.2, -0.15) is 4.98 Å². The molecule has 1 atom stereocenters. The number of nitrogens with zero attached hydrogens (tertiary/aromatic N) is 3.